The number of ether oxygens (including phenoxy) is 3. The van der Waals surface area contributed by atoms with Crippen LogP contribution in [0.25, 0.3) is 0 Å². The van der Waals surface area contributed by atoms with Crippen molar-refractivity contribution in [3.8, 4) is 0 Å². The third-order valence-electron chi connectivity index (χ3n) is 14.0. The SMILES string of the molecule is CCC/C=C\C/C=C\CCCCCCCC(=O)OC(COC(=O)CCCCCCC/C=C\CCC)COC(=O)CCCCCCCCCCCCCCCCCCCCC/C=C\CCCCCCCCCC. The molecule has 0 aliphatic heterocycles. The Bertz CT molecular complexity index is 1250. The van der Waals surface area contributed by atoms with Gasteiger partial charge in [0.1, 0.15) is 13.2 Å². The van der Waals surface area contributed by atoms with Crippen LogP contribution < -0.4 is 0 Å². The van der Waals surface area contributed by atoms with E-state index < -0.39 is 6.10 Å². The van der Waals surface area contributed by atoms with E-state index in [1.54, 1.807) is 0 Å². The Kier molecular flexibility index (Phi) is 58.7. The Morgan fingerprint density at radius 3 is 0.847 bits per heavy atom. The van der Waals surface area contributed by atoms with Gasteiger partial charge in [-0.2, -0.15) is 0 Å². The number of allylic oxidation sites excluding steroid dienone is 8. The molecular formula is C66H120O6. The molecule has 0 amide bonds. The van der Waals surface area contributed by atoms with Crippen LogP contribution in [0, 0.1) is 0 Å². The predicted molar refractivity (Wildman–Crippen MR) is 312 cm³/mol. The van der Waals surface area contributed by atoms with Crippen LogP contribution in [0.4, 0.5) is 0 Å². The Hall–Kier alpha value is -2.63. The van der Waals surface area contributed by atoms with E-state index in [9.17, 15) is 14.4 Å². The van der Waals surface area contributed by atoms with E-state index in [4.69, 9.17) is 14.2 Å². The van der Waals surface area contributed by atoms with Gasteiger partial charge >= 0.3 is 17.9 Å². The van der Waals surface area contributed by atoms with Crippen molar-refractivity contribution in [3.05, 3.63) is 48.6 Å². The first-order chi connectivity index (χ1) is 35.5. The maximum absolute atomic E-state index is 12.8. The zero-order valence-electron chi connectivity index (χ0n) is 48.2. The highest BCUT2D eigenvalue weighted by Crippen LogP contribution is 2.17. The molecule has 1 unspecified atom stereocenters. The molecule has 420 valence electrons. The quantitative estimate of drug-likeness (QED) is 0.0261. The maximum atomic E-state index is 12.8. The molecule has 0 rings (SSSR count). The molecule has 0 aliphatic carbocycles. The molecule has 0 aliphatic rings. The van der Waals surface area contributed by atoms with E-state index in [1.165, 1.54) is 193 Å². The number of hydrogen-bond donors (Lipinski definition) is 0. The van der Waals surface area contributed by atoms with Gasteiger partial charge in [-0.3, -0.25) is 14.4 Å². The summed E-state index contributed by atoms with van der Waals surface area (Å²) < 4.78 is 16.8. The van der Waals surface area contributed by atoms with Crippen molar-refractivity contribution in [2.24, 2.45) is 0 Å². The molecule has 0 heterocycles. The topological polar surface area (TPSA) is 78.9 Å². The van der Waals surface area contributed by atoms with Crippen LogP contribution in [0.3, 0.4) is 0 Å². The van der Waals surface area contributed by atoms with Gasteiger partial charge in [-0.15, -0.1) is 0 Å². The van der Waals surface area contributed by atoms with E-state index in [0.717, 1.165) is 103 Å². The minimum absolute atomic E-state index is 0.0788. The smallest absolute Gasteiger partial charge is 0.306 e. The van der Waals surface area contributed by atoms with Crippen molar-refractivity contribution < 1.29 is 28.6 Å². The van der Waals surface area contributed by atoms with Crippen molar-refractivity contribution in [2.75, 3.05) is 13.2 Å². The summed E-state index contributed by atoms with van der Waals surface area (Å²) in [4.78, 5) is 38.1. The van der Waals surface area contributed by atoms with Crippen molar-refractivity contribution in [3.63, 3.8) is 0 Å². The Labute approximate surface area is 448 Å². The summed E-state index contributed by atoms with van der Waals surface area (Å²) in [5.74, 6) is -0.891. The monoisotopic (exact) mass is 1010 g/mol. The van der Waals surface area contributed by atoms with Crippen molar-refractivity contribution in [1.29, 1.82) is 0 Å². The molecule has 6 nitrogen and oxygen atoms in total. The average Bonchev–Trinajstić information content (AvgIpc) is 3.38. The molecule has 1 atom stereocenters. The minimum atomic E-state index is -0.781. The van der Waals surface area contributed by atoms with Crippen LogP contribution in [-0.2, 0) is 28.6 Å². The summed E-state index contributed by atoms with van der Waals surface area (Å²) in [5.41, 5.74) is 0. The van der Waals surface area contributed by atoms with E-state index in [2.05, 4.69) is 69.4 Å². The van der Waals surface area contributed by atoms with Crippen molar-refractivity contribution >= 4 is 17.9 Å². The van der Waals surface area contributed by atoms with E-state index in [-0.39, 0.29) is 31.1 Å². The molecule has 0 aromatic rings. The lowest BCUT2D eigenvalue weighted by Crippen LogP contribution is -2.30. The van der Waals surface area contributed by atoms with Crippen LogP contribution in [0.5, 0.6) is 0 Å². The predicted octanol–water partition coefficient (Wildman–Crippen LogP) is 21.4. The molecule has 72 heavy (non-hydrogen) atoms. The first kappa shape index (κ1) is 69.4. The van der Waals surface area contributed by atoms with Crippen LogP contribution >= 0.6 is 0 Å². The summed E-state index contributed by atoms with van der Waals surface area (Å²) >= 11 is 0. The van der Waals surface area contributed by atoms with E-state index in [0.29, 0.717) is 19.3 Å². The average molecular weight is 1010 g/mol. The molecule has 0 bridgehead atoms. The standard InChI is InChI=1S/C66H120O6/c1-4-7-10-13-16-19-22-24-25-26-27-28-29-30-31-32-33-34-35-36-37-38-39-40-41-43-44-47-50-53-56-59-65(68)71-62-63(61-70-64(67)58-55-52-49-46-21-18-15-12-9-6-3)72-66(69)60-57-54-51-48-45-42-23-20-17-14-11-8-5-2/h11-12,14-15,20,23,26-27,63H,4-10,13,16-19,21-22,24-25,28-62H2,1-3H3/b14-11-,15-12-,23-20-,27-26-. The maximum Gasteiger partial charge on any atom is 0.306 e. The molecule has 0 spiro atoms. The van der Waals surface area contributed by atoms with E-state index in [1.807, 2.05) is 0 Å². The highest BCUT2D eigenvalue weighted by Gasteiger charge is 2.19. The van der Waals surface area contributed by atoms with Gasteiger partial charge in [-0.1, -0.05) is 275 Å². The Morgan fingerprint density at radius 2 is 0.528 bits per heavy atom. The second-order valence-corrected chi connectivity index (χ2v) is 21.3. The van der Waals surface area contributed by atoms with Crippen molar-refractivity contribution in [1.82, 2.24) is 0 Å². The fraction of sp³-hybridized carbons (Fsp3) is 0.833. The third-order valence-corrected chi connectivity index (χ3v) is 14.0. The van der Waals surface area contributed by atoms with Gasteiger partial charge in [-0.25, -0.2) is 0 Å². The molecule has 0 aromatic carbocycles. The van der Waals surface area contributed by atoms with Gasteiger partial charge in [0, 0.05) is 19.3 Å². The second kappa shape index (κ2) is 60.9. The molecule has 0 N–H and O–H groups in total. The zero-order chi connectivity index (χ0) is 52.2. The van der Waals surface area contributed by atoms with Gasteiger partial charge in [0.15, 0.2) is 6.10 Å². The summed E-state index contributed by atoms with van der Waals surface area (Å²) in [7, 11) is 0. The van der Waals surface area contributed by atoms with Gasteiger partial charge in [0.2, 0.25) is 0 Å². The molecule has 0 radical (unpaired) electrons. The highest BCUT2D eigenvalue weighted by atomic mass is 16.6. The number of hydrogen-bond acceptors (Lipinski definition) is 6. The fourth-order valence-corrected chi connectivity index (χ4v) is 9.25. The molecular weight excluding hydrogens is 889 g/mol. The molecule has 6 heteroatoms. The summed E-state index contributed by atoms with van der Waals surface area (Å²) in [5, 5.41) is 0. The number of carbonyl (C=O) groups is 3. The highest BCUT2D eigenvalue weighted by molar-refractivity contribution is 5.71. The second-order valence-electron chi connectivity index (χ2n) is 21.3. The number of esters is 3. The fourth-order valence-electron chi connectivity index (χ4n) is 9.25. The summed E-state index contributed by atoms with van der Waals surface area (Å²) in [6, 6.07) is 0. The lowest BCUT2D eigenvalue weighted by Gasteiger charge is -2.18. The molecule has 0 fully saturated rings. The molecule has 0 aromatic heterocycles. The first-order valence-electron chi connectivity index (χ1n) is 31.6. The van der Waals surface area contributed by atoms with Crippen molar-refractivity contribution in [2.45, 2.75) is 341 Å². The van der Waals surface area contributed by atoms with Gasteiger partial charge in [0.05, 0.1) is 0 Å². The third kappa shape index (κ3) is 58.3. The van der Waals surface area contributed by atoms with E-state index >= 15 is 0 Å². The number of unbranched alkanes of at least 4 members (excludes halogenated alkanes) is 39. The molecule has 0 saturated heterocycles. The van der Waals surface area contributed by atoms with Crippen LogP contribution in [0.1, 0.15) is 335 Å². The van der Waals surface area contributed by atoms with Gasteiger partial charge in [0.25, 0.3) is 0 Å². The molecule has 0 saturated carbocycles. The van der Waals surface area contributed by atoms with Crippen LogP contribution in [0.15, 0.2) is 48.6 Å². The largest absolute Gasteiger partial charge is 0.462 e. The lowest BCUT2D eigenvalue weighted by molar-refractivity contribution is -0.167. The van der Waals surface area contributed by atoms with Gasteiger partial charge < -0.3 is 14.2 Å². The minimum Gasteiger partial charge on any atom is -0.462 e. The summed E-state index contributed by atoms with van der Waals surface area (Å²) in [6.07, 6.45) is 75.8. The Balaban J connectivity index is 4.04. The number of rotatable bonds is 58. The number of carbonyl (C=O) groups excluding carboxylic acids is 3. The summed E-state index contributed by atoms with van der Waals surface area (Å²) in [6.45, 7) is 6.53. The Morgan fingerprint density at radius 1 is 0.278 bits per heavy atom. The zero-order valence-corrected chi connectivity index (χ0v) is 48.2. The lowest BCUT2D eigenvalue weighted by atomic mass is 10.0. The first-order valence-corrected chi connectivity index (χ1v) is 31.6. The van der Waals surface area contributed by atoms with Crippen LogP contribution in [0.2, 0.25) is 0 Å². The van der Waals surface area contributed by atoms with Crippen LogP contribution in [-0.4, -0.2) is 37.2 Å². The normalized spacial score (nSPS) is 12.3. The van der Waals surface area contributed by atoms with Gasteiger partial charge in [-0.05, 0) is 89.9 Å².